The Balaban J connectivity index is 2.94. The third kappa shape index (κ3) is 3.20. The number of rotatable bonds is 4. The van der Waals surface area contributed by atoms with Gasteiger partial charge >= 0.3 is 5.97 Å². The highest BCUT2D eigenvalue weighted by atomic mass is 16.7. The summed E-state index contributed by atoms with van der Waals surface area (Å²) < 4.78 is 9.13. The number of methoxy groups -OCH3 is 1. The number of esters is 1. The van der Waals surface area contributed by atoms with Crippen molar-refractivity contribution in [2.24, 2.45) is 0 Å². The summed E-state index contributed by atoms with van der Waals surface area (Å²) in [6.07, 6.45) is -9.04. The summed E-state index contributed by atoms with van der Waals surface area (Å²) in [5, 5.41) is 56.7. The van der Waals surface area contributed by atoms with Gasteiger partial charge in [-0.2, -0.15) is 0 Å². The van der Waals surface area contributed by atoms with Crippen LogP contribution in [0, 0.1) is 0 Å². The Kier molecular flexibility index (Phi) is 5.21. The van der Waals surface area contributed by atoms with E-state index in [1.165, 1.54) is 0 Å². The lowest BCUT2D eigenvalue weighted by atomic mass is 9.91. The molecule has 0 aromatic carbocycles. The van der Waals surface area contributed by atoms with Crippen LogP contribution in [0.2, 0.25) is 0 Å². The molecule has 0 bridgehead atoms. The number of aliphatic hydroxyl groups excluding tert-OH is 5. The molecule has 1 saturated heterocycles. The number of aliphatic hydroxyl groups is 6. The molecule has 0 aliphatic carbocycles. The Bertz CT molecular complexity index is 322. The smallest absolute Gasteiger partial charge is 0.366 e. The maximum Gasteiger partial charge on any atom is 0.366 e. The topological polar surface area (TPSA) is 157 Å². The van der Waals surface area contributed by atoms with Gasteiger partial charge in [0.1, 0.15) is 24.4 Å². The summed E-state index contributed by atoms with van der Waals surface area (Å²) in [6, 6.07) is 0. The second kappa shape index (κ2) is 6.09. The molecule has 9 heteroatoms. The van der Waals surface area contributed by atoms with Gasteiger partial charge in [0.15, 0.2) is 0 Å². The van der Waals surface area contributed by atoms with Crippen molar-refractivity contribution in [2.45, 2.75) is 42.7 Å². The van der Waals surface area contributed by atoms with Crippen molar-refractivity contribution in [1.82, 2.24) is 0 Å². The Labute approximate surface area is 108 Å². The fraction of sp³-hybridized carbons (Fsp3) is 0.900. The Morgan fingerprint density at radius 3 is 2.53 bits per heavy atom. The molecule has 112 valence electrons. The molecular weight excluding hydrogens is 264 g/mol. The quantitative estimate of drug-likeness (QED) is 0.283. The van der Waals surface area contributed by atoms with E-state index in [1.807, 2.05) is 0 Å². The van der Waals surface area contributed by atoms with Crippen molar-refractivity contribution >= 4 is 5.97 Å². The van der Waals surface area contributed by atoms with Crippen LogP contribution in [0.1, 0.15) is 6.42 Å². The molecule has 0 amide bonds. The molecule has 1 aliphatic rings. The molecule has 0 aromatic heterocycles. The van der Waals surface area contributed by atoms with Crippen molar-refractivity contribution in [3.63, 3.8) is 0 Å². The largest absolute Gasteiger partial charge is 0.465 e. The van der Waals surface area contributed by atoms with E-state index >= 15 is 0 Å². The van der Waals surface area contributed by atoms with Crippen LogP contribution in [0.5, 0.6) is 0 Å². The zero-order valence-corrected chi connectivity index (χ0v) is 10.2. The van der Waals surface area contributed by atoms with E-state index in [2.05, 4.69) is 4.74 Å². The van der Waals surface area contributed by atoms with Gasteiger partial charge < -0.3 is 40.1 Å². The first-order valence-corrected chi connectivity index (χ1v) is 5.58. The third-order valence-electron chi connectivity index (χ3n) is 2.97. The third-order valence-corrected chi connectivity index (χ3v) is 2.97. The lowest BCUT2D eigenvalue weighted by molar-refractivity contribution is -0.313. The molecule has 1 rings (SSSR count). The molecule has 1 heterocycles. The first kappa shape index (κ1) is 16.2. The number of hydrogen-bond acceptors (Lipinski definition) is 9. The molecule has 1 fully saturated rings. The lowest BCUT2D eigenvalue weighted by Gasteiger charge is -2.42. The second-order valence-corrected chi connectivity index (χ2v) is 4.36. The summed E-state index contributed by atoms with van der Waals surface area (Å²) in [5.41, 5.74) is 0. The van der Waals surface area contributed by atoms with Gasteiger partial charge in [-0.3, -0.25) is 0 Å². The number of hydrogen-bond donors (Lipinski definition) is 6. The second-order valence-electron chi connectivity index (χ2n) is 4.36. The van der Waals surface area contributed by atoms with E-state index in [4.69, 9.17) is 9.84 Å². The van der Waals surface area contributed by atoms with Crippen molar-refractivity contribution in [3.05, 3.63) is 0 Å². The van der Waals surface area contributed by atoms with Gasteiger partial charge in [-0.05, 0) is 0 Å². The first-order valence-electron chi connectivity index (χ1n) is 5.58. The van der Waals surface area contributed by atoms with Gasteiger partial charge in [0.2, 0.25) is 0 Å². The molecule has 0 saturated carbocycles. The fourth-order valence-corrected chi connectivity index (χ4v) is 1.86. The van der Waals surface area contributed by atoms with Gasteiger partial charge in [0, 0.05) is 6.42 Å². The molecule has 6 atom stereocenters. The molecule has 1 aliphatic heterocycles. The molecule has 0 aromatic rings. The van der Waals surface area contributed by atoms with Crippen molar-refractivity contribution in [1.29, 1.82) is 0 Å². The molecular formula is C10H18O9. The fourth-order valence-electron chi connectivity index (χ4n) is 1.86. The Hall–Kier alpha value is -0.810. The van der Waals surface area contributed by atoms with E-state index in [-0.39, 0.29) is 0 Å². The van der Waals surface area contributed by atoms with Crippen LogP contribution in [-0.2, 0) is 14.3 Å². The van der Waals surface area contributed by atoms with Crippen LogP contribution >= 0.6 is 0 Å². The minimum atomic E-state index is -2.55. The van der Waals surface area contributed by atoms with Crippen LogP contribution in [-0.4, -0.2) is 86.6 Å². The average Bonchev–Trinajstić information content (AvgIpc) is 2.40. The van der Waals surface area contributed by atoms with Gasteiger partial charge in [-0.15, -0.1) is 0 Å². The summed E-state index contributed by atoms with van der Waals surface area (Å²) >= 11 is 0. The number of carbonyl (C=O) groups excluding carboxylic acids is 1. The maximum absolute atomic E-state index is 11.4. The monoisotopic (exact) mass is 282 g/mol. The highest BCUT2D eigenvalue weighted by molar-refractivity contribution is 5.77. The lowest BCUT2D eigenvalue weighted by Crippen LogP contribution is -2.63. The van der Waals surface area contributed by atoms with Crippen LogP contribution in [0.15, 0.2) is 0 Å². The summed E-state index contributed by atoms with van der Waals surface area (Å²) in [5.74, 6) is -3.76. The average molecular weight is 282 g/mol. The van der Waals surface area contributed by atoms with Crippen LogP contribution in [0.3, 0.4) is 0 Å². The Morgan fingerprint density at radius 2 is 2.05 bits per heavy atom. The minimum Gasteiger partial charge on any atom is -0.465 e. The van der Waals surface area contributed by atoms with E-state index in [9.17, 15) is 30.3 Å². The van der Waals surface area contributed by atoms with Gasteiger partial charge in [-0.25, -0.2) is 4.79 Å². The van der Waals surface area contributed by atoms with Gasteiger partial charge in [-0.1, -0.05) is 0 Å². The normalized spacial score (nSPS) is 38.6. The summed E-state index contributed by atoms with van der Waals surface area (Å²) in [7, 11) is 0.981. The molecule has 0 spiro atoms. The van der Waals surface area contributed by atoms with Gasteiger partial charge in [0.05, 0.1) is 19.8 Å². The summed E-state index contributed by atoms with van der Waals surface area (Å²) in [4.78, 5) is 11.4. The minimum absolute atomic E-state index is 0.653. The molecule has 9 nitrogen and oxygen atoms in total. The zero-order valence-electron chi connectivity index (χ0n) is 10.2. The SMILES string of the molecule is COC(=O)[C@]1(O)C[C@H](O)[C@@H](O)[C@H]([C@H](O)[C@H](O)CO)O1. The van der Waals surface area contributed by atoms with Crippen molar-refractivity contribution in [2.75, 3.05) is 13.7 Å². The predicted molar refractivity (Wildman–Crippen MR) is 57.6 cm³/mol. The van der Waals surface area contributed by atoms with Crippen LogP contribution < -0.4 is 0 Å². The van der Waals surface area contributed by atoms with E-state index in [1.54, 1.807) is 0 Å². The predicted octanol–water partition coefficient (Wildman–Crippen LogP) is -3.93. The van der Waals surface area contributed by atoms with Gasteiger partial charge in [0.25, 0.3) is 5.79 Å². The van der Waals surface area contributed by atoms with Crippen LogP contribution in [0.25, 0.3) is 0 Å². The standard InChI is InChI=1S/C10H18O9/c1-18-9(16)10(17)2-4(12)6(14)8(19-10)7(15)5(13)3-11/h4-8,11-15,17H,2-3H2,1H3/t4-,5+,6+,7+,8+,10-/m0/s1. The van der Waals surface area contributed by atoms with Crippen molar-refractivity contribution in [3.8, 4) is 0 Å². The van der Waals surface area contributed by atoms with Crippen LogP contribution in [0.4, 0.5) is 0 Å². The van der Waals surface area contributed by atoms with E-state index in [0.29, 0.717) is 0 Å². The maximum atomic E-state index is 11.4. The molecule has 6 N–H and O–H groups in total. The van der Waals surface area contributed by atoms with E-state index < -0.39 is 55.3 Å². The van der Waals surface area contributed by atoms with E-state index in [0.717, 1.165) is 7.11 Å². The number of carbonyl (C=O) groups is 1. The first-order chi connectivity index (χ1) is 8.76. The highest BCUT2D eigenvalue weighted by Gasteiger charge is 2.53. The Morgan fingerprint density at radius 1 is 1.47 bits per heavy atom. The zero-order chi connectivity index (χ0) is 14.8. The molecule has 19 heavy (non-hydrogen) atoms. The number of ether oxygens (including phenoxy) is 2. The molecule has 0 radical (unpaired) electrons. The van der Waals surface area contributed by atoms with Crippen molar-refractivity contribution < 1.29 is 44.9 Å². The highest BCUT2D eigenvalue weighted by Crippen LogP contribution is 2.30. The summed E-state index contributed by atoms with van der Waals surface area (Å²) in [6.45, 7) is -0.833. The molecule has 0 unspecified atom stereocenters.